The Hall–Kier alpha value is -1.92. The van der Waals surface area contributed by atoms with Crippen LogP contribution in [0.3, 0.4) is 0 Å². The van der Waals surface area contributed by atoms with Crippen LogP contribution in [-0.2, 0) is 0 Å². The van der Waals surface area contributed by atoms with Crippen LogP contribution in [0.2, 0.25) is 0 Å². The first-order valence-electron chi connectivity index (χ1n) is 3.91. The molecule has 0 aromatic heterocycles. The average Bonchev–Trinajstić information content (AvgIpc) is 2.21. The average molecular weight is 168 g/mol. The third kappa shape index (κ3) is 6.48. The first-order valence-corrected chi connectivity index (χ1v) is 3.91. The Bertz CT molecular complexity index is 306. The first-order chi connectivity index (χ1) is 6.35. The van der Waals surface area contributed by atoms with Gasteiger partial charge in [-0.05, 0) is 12.1 Å². The van der Waals surface area contributed by atoms with Gasteiger partial charge in [-0.2, -0.15) is 0 Å². The van der Waals surface area contributed by atoms with Gasteiger partial charge in [0.25, 0.3) is 0 Å². The molecule has 0 spiro atoms. The minimum Gasteiger partial charge on any atom is -0.120 e. The van der Waals surface area contributed by atoms with Crippen LogP contribution in [0, 0.1) is 24.7 Å². The maximum Gasteiger partial charge on any atom is 0.0264 e. The van der Waals surface area contributed by atoms with Crippen molar-refractivity contribution in [2.75, 3.05) is 0 Å². The van der Waals surface area contributed by atoms with E-state index < -0.39 is 0 Å². The fraction of sp³-hybridized carbons (Fsp3) is 0.0769. The van der Waals surface area contributed by atoms with Crippen molar-refractivity contribution in [1.82, 2.24) is 0 Å². The monoisotopic (exact) mass is 168 g/mol. The van der Waals surface area contributed by atoms with Gasteiger partial charge in [-0.25, -0.2) is 0 Å². The van der Waals surface area contributed by atoms with Gasteiger partial charge in [-0.15, -0.1) is 25.3 Å². The molecule has 0 bridgehead atoms. The summed E-state index contributed by atoms with van der Waals surface area (Å²) in [4.78, 5) is 0. The third-order valence-electron chi connectivity index (χ3n) is 1.20. The molecule has 0 N–H and O–H groups in total. The lowest BCUT2D eigenvalue weighted by molar-refractivity contribution is 1.50. The Kier molecular flexibility index (Phi) is 6.97. The topological polar surface area (TPSA) is 0 Å². The van der Waals surface area contributed by atoms with E-state index in [2.05, 4.69) is 18.4 Å². The van der Waals surface area contributed by atoms with Gasteiger partial charge in [-0.1, -0.05) is 30.2 Å². The highest BCUT2D eigenvalue weighted by Crippen LogP contribution is 1.92. The molecule has 13 heavy (non-hydrogen) atoms. The lowest BCUT2D eigenvalue weighted by Gasteiger charge is -1.82. The predicted molar refractivity (Wildman–Crippen MR) is 58.0 cm³/mol. The van der Waals surface area contributed by atoms with Crippen LogP contribution in [0.15, 0.2) is 43.0 Å². The molecule has 1 rings (SSSR count). The molecule has 0 aliphatic rings. The van der Waals surface area contributed by atoms with Crippen LogP contribution in [0.25, 0.3) is 0 Å². The summed E-state index contributed by atoms with van der Waals surface area (Å²) >= 11 is 0. The summed E-state index contributed by atoms with van der Waals surface area (Å²) in [7, 11) is 0. The third-order valence-corrected chi connectivity index (χ3v) is 1.20. The smallest absolute Gasteiger partial charge is 0.0264 e. The summed E-state index contributed by atoms with van der Waals surface area (Å²) in [6, 6.07) is 9.60. The second kappa shape index (κ2) is 8.18. The molecule has 64 valence electrons. The molecule has 0 heteroatoms. The predicted octanol–water partition coefficient (Wildman–Crippen LogP) is 2.86. The van der Waals surface area contributed by atoms with Crippen molar-refractivity contribution in [2.24, 2.45) is 0 Å². The van der Waals surface area contributed by atoms with Crippen LogP contribution in [0.5, 0.6) is 0 Å². The van der Waals surface area contributed by atoms with E-state index >= 15 is 0 Å². The van der Waals surface area contributed by atoms with Crippen LogP contribution < -0.4 is 0 Å². The van der Waals surface area contributed by atoms with Crippen LogP contribution in [-0.4, -0.2) is 0 Å². The van der Waals surface area contributed by atoms with Crippen LogP contribution >= 0.6 is 0 Å². The van der Waals surface area contributed by atoms with Gasteiger partial charge in [0, 0.05) is 12.0 Å². The van der Waals surface area contributed by atoms with E-state index in [1.807, 2.05) is 30.3 Å². The lowest BCUT2D eigenvalue weighted by atomic mass is 10.2. The van der Waals surface area contributed by atoms with Gasteiger partial charge >= 0.3 is 0 Å². The zero-order valence-electron chi connectivity index (χ0n) is 7.53. The minimum absolute atomic E-state index is 0.681. The van der Waals surface area contributed by atoms with E-state index in [-0.39, 0.29) is 0 Å². The van der Waals surface area contributed by atoms with E-state index in [0.29, 0.717) is 6.42 Å². The Labute approximate surface area is 80.3 Å². The normalized spacial score (nSPS) is 6.92. The van der Waals surface area contributed by atoms with Gasteiger partial charge in [0.15, 0.2) is 0 Å². The molecule has 0 amide bonds. The molecule has 0 saturated heterocycles. The molecular weight excluding hydrogens is 156 g/mol. The van der Waals surface area contributed by atoms with E-state index in [1.54, 1.807) is 6.08 Å². The zero-order valence-corrected chi connectivity index (χ0v) is 7.53. The first kappa shape index (κ1) is 11.1. The summed E-state index contributed by atoms with van der Waals surface area (Å²) in [5, 5.41) is 0. The van der Waals surface area contributed by atoms with Gasteiger partial charge in [-0.3, -0.25) is 0 Å². The molecule has 0 aliphatic heterocycles. The maximum absolute atomic E-state index is 5.10. The molecule has 0 nitrogen and oxygen atoms in total. The quantitative estimate of drug-likeness (QED) is 0.447. The summed E-state index contributed by atoms with van der Waals surface area (Å²) in [6.45, 7) is 3.41. The zero-order chi connectivity index (χ0) is 9.94. The Morgan fingerprint density at radius 3 is 2.08 bits per heavy atom. The SMILES string of the molecule is C#CCC=C.C#Cc1ccccc1. The number of rotatable bonds is 1. The van der Waals surface area contributed by atoms with Crippen molar-refractivity contribution in [3.63, 3.8) is 0 Å². The molecule has 1 aromatic rings. The van der Waals surface area contributed by atoms with Crippen molar-refractivity contribution in [3.05, 3.63) is 48.6 Å². The Morgan fingerprint density at radius 2 is 1.85 bits per heavy atom. The molecular formula is C13H12. The molecule has 1 aromatic carbocycles. The van der Waals surface area contributed by atoms with Gasteiger partial charge in [0.2, 0.25) is 0 Å². The van der Waals surface area contributed by atoms with Gasteiger partial charge in [0.1, 0.15) is 0 Å². The van der Waals surface area contributed by atoms with E-state index in [4.69, 9.17) is 12.8 Å². The largest absolute Gasteiger partial charge is 0.120 e. The van der Waals surface area contributed by atoms with E-state index in [1.165, 1.54) is 0 Å². The highest BCUT2D eigenvalue weighted by Gasteiger charge is 1.76. The fourth-order valence-electron chi connectivity index (χ4n) is 0.618. The molecule has 0 radical (unpaired) electrons. The van der Waals surface area contributed by atoms with Crippen molar-refractivity contribution in [2.45, 2.75) is 6.42 Å². The summed E-state index contributed by atoms with van der Waals surface area (Å²) in [6.07, 6.45) is 12.3. The standard InChI is InChI=1S/C8H6.C5H6/c1-2-8-6-4-3-5-7-8;1-3-5-4-2/h1,3-7H;1,4H,2,5H2. The number of hydrogen-bond donors (Lipinski definition) is 0. The molecule has 0 atom stereocenters. The number of benzene rings is 1. The fourth-order valence-corrected chi connectivity index (χ4v) is 0.618. The highest BCUT2D eigenvalue weighted by atomic mass is 13.8. The van der Waals surface area contributed by atoms with Crippen LogP contribution in [0.1, 0.15) is 12.0 Å². The Morgan fingerprint density at radius 1 is 1.23 bits per heavy atom. The Balaban J connectivity index is 0.000000252. The molecule has 0 unspecified atom stereocenters. The minimum atomic E-state index is 0.681. The summed E-state index contributed by atoms with van der Waals surface area (Å²) < 4.78 is 0. The van der Waals surface area contributed by atoms with E-state index in [9.17, 15) is 0 Å². The number of terminal acetylenes is 2. The molecule has 0 fully saturated rings. The number of hydrogen-bond acceptors (Lipinski definition) is 0. The van der Waals surface area contributed by atoms with Crippen molar-refractivity contribution in [3.8, 4) is 24.7 Å². The second-order valence-electron chi connectivity index (χ2n) is 2.21. The van der Waals surface area contributed by atoms with Crippen molar-refractivity contribution in [1.29, 1.82) is 0 Å². The van der Waals surface area contributed by atoms with Gasteiger partial charge < -0.3 is 0 Å². The lowest BCUT2D eigenvalue weighted by Crippen LogP contribution is -1.66. The molecule has 0 aliphatic carbocycles. The number of allylic oxidation sites excluding steroid dienone is 1. The summed E-state index contributed by atoms with van der Waals surface area (Å²) in [5.41, 5.74) is 0.938. The van der Waals surface area contributed by atoms with E-state index in [0.717, 1.165) is 5.56 Å². The molecule has 0 heterocycles. The van der Waals surface area contributed by atoms with Crippen molar-refractivity contribution >= 4 is 0 Å². The van der Waals surface area contributed by atoms with Crippen molar-refractivity contribution < 1.29 is 0 Å². The maximum atomic E-state index is 5.10. The summed E-state index contributed by atoms with van der Waals surface area (Å²) in [5.74, 6) is 4.93. The second-order valence-corrected chi connectivity index (χ2v) is 2.21. The van der Waals surface area contributed by atoms with Gasteiger partial charge in [0.05, 0.1) is 0 Å². The molecule has 0 saturated carbocycles. The highest BCUT2D eigenvalue weighted by molar-refractivity contribution is 5.30. The van der Waals surface area contributed by atoms with Crippen LogP contribution in [0.4, 0.5) is 0 Å².